The van der Waals surface area contributed by atoms with E-state index in [-0.39, 0.29) is 17.3 Å². The first-order chi connectivity index (χ1) is 18.1. The van der Waals surface area contributed by atoms with Gasteiger partial charge in [-0.05, 0) is 68.1 Å². The zero-order valence-electron chi connectivity index (χ0n) is 22.1. The maximum Gasteiger partial charge on any atom is 0.264 e. The van der Waals surface area contributed by atoms with Gasteiger partial charge in [-0.15, -0.1) is 0 Å². The number of likely N-dealkylation sites (N-methyl/N-ethyl adjacent to an activating group) is 1. The summed E-state index contributed by atoms with van der Waals surface area (Å²) >= 11 is 6.15. The molecule has 9 heteroatoms. The largest absolute Gasteiger partial charge is 0.357 e. The van der Waals surface area contributed by atoms with Crippen LogP contribution in [0.2, 0.25) is 5.02 Å². The first-order valence-electron chi connectivity index (χ1n) is 12.5. The van der Waals surface area contributed by atoms with Crippen molar-refractivity contribution in [3.63, 3.8) is 0 Å². The smallest absolute Gasteiger partial charge is 0.264 e. The van der Waals surface area contributed by atoms with Crippen LogP contribution >= 0.6 is 11.6 Å². The van der Waals surface area contributed by atoms with Gasteiger partial charge in [-0.1, -0.05) is 66.6 Å². The lowest BCUT2D eigenvalue weighted by atomic mass is 10.1. The van der Waals surface area contributed by atoms with E-state index in [0.717, 1.165) is 15.4 Å². The summed E-state index contributed by atoms with van der Waals surface area (Å²) in [5.74, 6) is -0.772. The molecule has 202 valence electrons. The number of carbonyl (C=O) groups is 2. The number of sulfonamides is 1. The van der Waals surface area contributed by atoms with Crippen LogP contribution in [0.25, 0.3) is 0 Å². The molecule has 0 fully saturated rings. The van der Waals surface area contributed by atoms with Crippen LogP contribution < -0.4 is 9.62 Å². The first kappa shape index (κ1) is 29.2. The number of carbonyl (C=O) groups excluding carboxylic acids is 2. The van der Waals surface area contributed by atoms with Crippen LogP contribution in [0.1, 0.15) is 30.0 Å². The molecule has 1 atom stereocenters. The number of amides is 2. The molecule has 3 rings (SSSR count). The summed E-state index contributed by atoms with van der Waals surface area (Å²) in [6.45, 7) is 5.23. The molecule has 3 aromatic carbocycles. The number of halogens is 1. The highest BCUT2D eigenvalue weighted by atomic mass is 35.5. The Labute approximate surface area is 230 Å². The Morgan fingerprint density at radius 1 is 0.974 bits per heavy atom. The van der Waals surface area contributed by atoms with Gasteiger partial charge in [-0.2, -0.15) is 0 Å². The number of anilines is 1. The Morgan fingerprint density at radius 2 is 1.63 bits per heavy atom. The highest BCUT2D eigenvalue weighted by Gasteiger charge is 2.33. The molecule has 0 saturated heterocycles. The molecule has 0 bridgehead atoms. The Morgan fingerprint density at radius 3 is 2.21 bits per heavy atom. The van der Waals surface area contributed by atoms with E-state index in [2.05, 4.69) is 5.32 Å². The predicted octanol–water partition coefficient (Wildman–Crippen LogP) is 4.75. The van der Waals surface area contributed by atoms with Crippen LogP contribution in [0.15, 0.2) is 77.7 Å². The molecule has 0 saturated carbocycles. The Kier molecular flexibility index (Phi) is 9.94. The SMILES string of the molecule is CCC(C(=O)NC)N(CCc1ccccc1)C(=O)CN(c1ccc(Cl)cc1C)S(=O)(=O)c1ccc(C)cc1. The van der Waals surface area contributed by atoms with E-state index >= 15 is 0 Å². The fourth-order valence-electron chi connectivity index (χ4n) is 4.31. The summed E-state index contributed by atoms with van der Waals surface area (Å²) in [6.07, 6.45) is 0.898. The maximum atomic E-state index is 13.9. The molecule has 0 aliphatic carbocycles. The molecule has 7 nitrogen and oxygen atoms in total. The molecular formula is C29H34ClN3O4S. The maximum absolute atomic E-state index is 13.9. The van der Waals surface area contributed by atoms with Gasteiger partial charge in [0.05, 0.1) is 10.6 Å². The number of nitrogens with one attached hydrogen (secondary N) is 1. The van der Waals surface area contributed by atoms with Crippen molar-refractivity contribution in [1.29, 1.82) is 0 Å². The molecule has 38 heavy (non-hydrogen) atoms. The van der Waals surface area contributed by atoms with E-state index in [4.69, 9.17) is 11.6 Å². The fourth-order valence-corrected chi connectivity index (χ4v) is 6.02. The topological polar surface area (TPSA) is 86.8 Å². The lowest BCUT2D eigenvalue weighted by molar-refractivity contribution is -0.139. The van der Waals surface area contributed by atoms with E-state index in [0.29, 0.717) is 29.1 Å². The minimum Gasteiger partial charge on any atom is -0.357 e. The van der Waals surface area contributed by atoms with Gasteiger partial charge >= 0.3 is 0 Å². The first-order valence-corrected chi connectivity index (χ1v) is 14.3. The average molecular weight is 556 g/mol. The lowest BCUT2D eigenvalue weighted by Crippen LogP contribution is -2.52. The molecule has 0 aliphatic heterocycles. The van der Waals surface area contributed by atoms with Gasteiger partial charge in [0.2, 0.25) is 11.8 Å². The fraction of sp³-hybridized carbons (Fsp3) is 0.310. The predicted molar refractivity (Wildman–Crippen MR) is 152 cm³/mol. The summed E-state index contributed by atoms with van der Waals surface area (Å²) in [4.78, 5) is 28.2. The number of nitrogens with zero attached hydrogens (tertiary/aromatic N) is 2. The summed E-state index contributed by atoms with van der Waals surface area (Å²) in [5, 5.41) is 3.09. The second-order valence-electron chi connectivity index (χ2n) is 9.12. The zero-order valence-corrected chi connectivity index (χ0v) is 23.7. The molecule has 2 amide bonds. The van der Waals surface area contributed by atoms with Crippen LogP contribution in [-0.4, -0.2) is 51.3 Å². The number of hydrogen-bond acceptors (Lipinski definition) is 4. The zero-order chi connectivity index (χ0) is 27.9. The summed E-state index contributed by atoms with van der Waals surface area (Å²) in [5.41, 5.74) is 2.88. The minimum atomic E-state index is -4.12. The molecule has 1 unspecified atom stereocenters. The third-order valence-corrected chi connectivity index (χ3v) is 8.44. The lowest BCUT2D eigenvalue weighted by Gasteiger charge is -2.33. The monoisotopic (exact) mass is 555 g/mol. The molecule has 0 radical (unpaired) electrons. The number of aryl methyl sites for hydroxylation is 2. The highest BCUT2D eigenvalue weighted by molar-refractivity contribution is 7.92. The van der Waals surface area contributed by atoms with Crippen LogP contribution in [0.4, 0.5) is 5.69 Å². The van der Waals surface area contributed by atoms with E-state index in [1.807, 2.05) is 44.2 Å². The molecule has 0 heterocycles. The molecule has 0 aliphatic rings. The van der Waals surface area contributed by atoms with Gasteiger partial charge in [0, 0.05) is 18.6 Å². The average Bonchev–Trinajstić information content (AvgIpc) is 2.90. The quantitative estimate of drug-likeness (QED) is 0.370. The normalized spacial score (nSPS) is 12.0. The number of benzene rings is 3. The summed E-state index contributed by atoms with van der Waals surface area (Å²) in [7, 11) is -2.59. The Hall–Kier alpha value is -3.36. The van der Waals surface area contributed by atoms with E-state index in [1.165, 1.54) is 24.1 Å². The van der Waals surface area contributed by atoms with Gasteiger partial charge in [-0.25, -0.2) is 8.42 Å². The molecular weight excluding hydrogens is 522 g/mol. The van der Waals surface area contributed by atoms with Crippen molar-refractivity contribution in [2.45, 2.75) is 44.6 Å². The van der Waals surface area contributed by atoms with Gasteiger partial charge < -0.3 is 10.2 Å². The number of hydrogen-bond donors (Lipinski definition) is 1. The standard InChI is InChI=1S/C29H34ClN3O4S/c1-5-26(29(35)31-4)32(18-17-23-9-7-6-8-10-23)28(34)20-33(27-16-13-24(30)19-22(27)3)38(36,37)25-14-11-21(2)12-15-25/h6-16,19,26H,5,17-18,20H2,1-4H3,(H,31,35). The Bertz CT molecular complexity index is 1360. The van der Waals surface area contributed by atoms with Crippen LogP contribution in [0.5, 0.6) is 0 Å². The van der Waals surface area contributed by atoms with E-state index in [9.17, 15) is 18.0 Å². The second kappa shape index (κ2) is 12.9. The van der Waals surface area contributed by atoms with Crippen molar-refractivity contribution in [2.24, 2.45) is 0 Å². The summed E-state index contributed by atoms with van der Waals surface area (Å²) in [6, 6.07) is 20.2. The Balaban J connectivity index is 2.04. The van der Waals surface area contributed by atoms with Gasteiger partial charge in [-0.3, -0.25) is 13.9 Å². The van der Waals surface area contributed by atoms with E-state index < -0.39 is 28.5 Å². The van der Waals surface area contributed by atoms with Gasteiger partial charge in [0.25, 0.3) is 10.0 Å². The van der Waals surface area contributed by atoms with Crippen molar-refractivity contribution in [1.82, 2.24) is 10.2 Å². The molecule has 0 aromatic heterocycles. The van der Waals surface area contributed by atoms with Crippen LogP contribution in [0, 0.1) is 13.8 Å². The van der Waals surface area contributed by atoms with Gasteiger partial charge in [0.15, 0.2) is 0 Å². The summed E-state index contributed by atoms with van der Waals surface area (Å²) < 4.78 is 28.9. The van der Waals surface area contributed by atoms with Crippen molar-refractivity contribution in [3.05, 3.63) is 94.5 Å². The van der Waals surface area contributed by atoms with Gasteiger partial charge in [0.1, 0.15) is 12.6 Å². The number of rotatable bonds is 11. The third-order valence-electron chi connectivity index (χ3n) is 6.43. The minimum absolute atomic E-state index is 0.0689. The van der Waals surface area contributed by atoms with Crippen molar-refractivity contribution in [3.8, 4) is 0 Å². The second-order valence-corrected chi connectivity index (χ2v) is 11.4. The molecule has 1 N–H and O–H groups in total. The van der Waals surface area contributed by atoms with E-state index in [1.54, 1.807) is 37.3 Å². The van der Waals surface area contributed by atoms with Crippen LogP contribution in [0.3, 0.4) is 0 Å². The highest BCUT2D eigenvalue weighted by Crippen LogP contribution is 2.29. The van der Waals surface area contributed by atoms with Crippen molar-refractivity contribution in [2.75, 3.05) is 24.4 Å². The van der Waals surface area contributed by atoms with Crippen molar-refractivity contribution < 1.29 is 18.0 Å². The van der Waals surface area contributed by atoms with Crippen molar-refractivity contribution >= 4 is 39.1 Å². The molecule has 3 aromatic rings. The molecule has 0 spiro atoms. The van der Waals surface area contributed by atoms with Crippen LogP contribution in [-0.2, 0) is 26.0 Å². The third kappa shape index (κ3) is 6.94.